The Kier molecular flexibility index (Phi) is 8.65. The first-order valence-corrected chi connectivity index (χ1v) is 11.4. The largest absolute Gasteiger partial charge is 0.481 e. The molecule has 0 aromatic heterocycles. The highest BCUT2D eigenvalue weighted by molar-refractivity contribution is 5.79. The number of fused-ring (bicyclic) bond motifs is 3. The molecule has 1 aliphatic rings. The average molecular weight is 469 g/mol. The summed E-state index contributed by atoms with van der Waals surface area (Å²) < 4.78 is 10.8. The van der Waals surface area contributed by atoms with Crippen LogP contribution in [0.4, 0.5) is 4.79 Å². The van der Waals surface area contributed by atoms with E-state index in [4.69, 9.17) is 14.6 Å². The molecule has 1 aliphatic carbocycles. The number of hydrogen-bond acceptors (Lipinski definition) is 5. The Balaban J connectivity index is 1.50. The van der Waals surface area contributed by atoms with Crippen molar-refractivity contribution < 1.29 is 29.0 Å². The Morgan fingerprint density at radius 2 is 1.56 bits per heavy atom. The lowest BCUT2D eigenvalue weighted by Gasteiger charge is -2.22. The van der Waals surface area contributed by atoms with Gasteiger partial charge in [0.25, 0.3) is 0 Å². The van der Waals surface area contributed by atoms with Crippen molar-refractivity contribution in [1.29, 1.82) is 0 Å². The Labute approximate surface area is 199 Å². The van der Waals surface area contributed by atoms with Crippen LogP contribution in [0.5, 0.6) is 0 Å². The number of amides is 2. The maximum Gasteiger partial charge on any atom is 0.407 e. The van der Waals surface area contributed by atoms with E-state index >= 15 is 0 Å². The molecule has 3 rings (SSSR count). The molecular formula is C26H32N2O6. The lowest BCUT2D eigenvalue weighted by molar-refractivity contribution is -0.138. The molecule has 0 heterocycles. The third-order valence-electron chi connectivity index (χ3n) is 6.11. The van der Waals surface area contributed by atoms with Gasteiger partial charge in [-0.05, 0) is 28.2 Å². The fourth-order valence-electron chi connectivity index (χ4n) is 4.20. The molecule has 3 N–H and O–H groups in total. The first-order valence-electron chi connectivity index (χ1n) is 11.4. The Morgan fingerprint density at radius 1 is 0.971 bits per heavy atom. The molecule has 0 saturated carbocycles. The zero-order valence-electron chi connectivity index (χ0n) is 19.7. The van der Waals surface area contributed by atoms with Crippen LogP contribution in [0.15, 0.2) is 48.5 Å². The van der Waals surface area contributed by atoms with Crippen LogP contribution in [-0.2, 0) is 19.1 Å². The third-order valence-corrected chi connectivity index (χ3v) is 6.11. The number of rotatable bonds is 11. The highest BCUT2D eigenvalue weighted by Crippen LogP contribution is 2.44. The highest BCUT2D eigenvalue weighted by atomic mass is 16.5. The SMILES string of the molecule is COC(CNC(=O)OCC1c2ccccc2-c2ccccc21)CC(=O)N[C@@H](CC(=O)O)C(C)C. The fraction of sp³-hybridized carbons (Fsp3) is 0.423. The zero-order chi connectivity index (χ0) is 24.7. The first-order chi connectivity index (χ1) is 16.3. The van der Waals surface area contributed by atoms with Crippen molar-refractivity contribution in [2.45, 2.75) is 44.8 Å². The van der Waals surface area contributed by atoms with Gasteiger partial charge < -0.3 is 25.2 Å². The summed E-state index contributed by atoms with van der Waals surface area (Å²) in [6.45, 7) is 3.98. The lowest BCUT2D eigenvalue weighted by atomic mass is 9.98. The van der Waals surface area contributed by atoms with E-state index in [1.165, 1.54) is 7.11 Å². The third kappa shape index (κ3) is 6.35. The number of carbonyl (C=O) groups is 3. The van der Waals surface area contributed by atoms with Crippen molar-refractivity contribution >= 4 is 18.0 Å². The van der Waals surface area contributed by atoms with E-state index in [2.05, 4.69) is 34.9 Å². The zero-order valence-corrected chi connectivity index (χ0v) is 19.7. The van der Waals surface area contributed by atoms with Crippen molar-refractivity contribution in [3.63, 3.8) is 0 Å². The maximum atomic E-state index is 12.4. The molecule has 0 fully saturated rings. The van der Waals surface area contributed by atoms with Crippen LogP contribution >= 0.6 is 0 Å². The molecule has 0 bridgehead atoms. The minimum atomic E-state index is -0.973. The number of aliphatic carboxylic acids is 1. The molecular weight excluding hydrogens is 436 g/mol. The topological polar surface area (TPSA) is 114 Å². The van der Waals surface area contributed by atoms with E-state index < -0.39 is 24.2 Å². The molecule has 0 spiro atoms. The number of benzene rings is 2. The summed E-state index contributed by atoms with van der Waals surface area (Å²) >= 11 is 0. The van der Waals surface area contributed by atoms with Gasteiger partial charge in [-0.25, -0.2) is 4.79 Å². The number of alkyl carbamates (subject to hydrolysis) is 1. The molecule has 0 radical (unpaired) electrons. The molecule has 0 saturated heterocycles. The average Bonchev–Trinajstić information content (AvgIpc) is 3.13. The van der Waals surface area contributed by atoms with Crippen molar-refractivity contribution in [2.24, 2.45) is 5.92 Å². The Hall–Kier alpha value is -3.39. The summed E-state index contributed by atoms with van der Waals surface area (Å²) in [7, 11) is 1.45. The fourth-order valence-corrected chi connectivity index (χ4v) is 4.20. The predicted octanol–water partition coefficient (Wildman–Crippen LogP) is 3.55. The molecule has 1 unspecified atom stereocenters. The van der Waals surface area contributed by atoms with Crippen molar-refractivity contribution in [1.82, 2.24) is 10.6 Å². The molecule has 2 amide bonds. The quantitative estimate of drug-likeness (QED) is 0.465. The normalized spacial score (nSPS) is 14.1. The van der Waals surface area contributed by atoms with Crippen LogP contribution in [-0.4, -0.2) is 55.5 Å². The number of hydrogen-bond donors (Lipinski definition) is 3. The first kappa shape index (κ1) is 25.2. The molecule has 2 aromatic rings. The second kappa shape index (κ2) is 11.7. The van der Waals surface area contributed by atoms with Gasteiger partial charge in [-0.15, -0.1) is 0 Å². The van der Waals surface area contributed by atoms with Gasteiger partial charge in [0.05, 0.1) is 18.9 Å². The lowest BCUT2D eigenvalue weighted by Crippen LogP contribution is -2.43. The standard InChI is InChI=1S/C26H32N2O6/c1-16(2)23(13-25(30)31)28-24(29)12-17(33-3)14-27-26(32)34-15-22-20-10-6-4-8-18(20)19-9-5-7-11-21(19)22/h4-11,16-17,22-23H,12-15H2,1-3H3,(H,27,32)(H,28,29)(H,30,31)/t17?,23-/m0/s1. The van der Waals surface area contributed by atoms with Crippen LogP contribution in [0.25, 0.3) is 11.1 Å². The summed E-state index contributed by atoms with van der Waals surface area (Å²) in [6.07, 6.45) is -1.32. The Bertz CT molecular complexity index is 976. The minimum Gasteiger partial charge on any atom is -0.481 e. The maximum absolute atomic E-state index is 12.4. The van der Waals surface area contributed by atoms with Gasteiger partial charge in [0, 0.05) is 25.6 Å². The van der Waals surface area contributed by atoms with Crippen molar-refractivity contribution in [3.05, 3.63) is 59.7 Å². The van der Waals surface area contributed by atoms with Gasteiger partial charge >= 0.3 is 12.1 Å². The van der Waals surface area contributed by atoms with Gasteiger partial charge in [-0.2, -0.15) is 0 Å². The van der Waals surface area contributed by atoms with Gasteiger partial charge in [-0.1, -0.05) is 62.4 Å². The van der Waals surface area contributed by atoms with E-state index in [9.17, 15) is 14.4 Å². The van der Waals surface area contributed by atoms with Gasteiger partial charge in [0.2, 0.25) is 5.91 Å². The van der Waals surface area contributed by atoms with Crippen LogP contribution in [0, 0.1) is 5.92 Å². The molecule has 182 valence electrons. The van der Waals surface area contributed by atoms with E-state index in [1.54, 1.807) is 0 Å². The van der Waals surface area contributed by atoms with Gasteiger partial charge in [-0.3, -0.25) is 9.59 Å². The second-order valence-corrected chi connectivity index (χ2v) is 8.78. The number of nitrogens with one attached hydrogen (secondary N) is 2. The molecule has 2 aromatic carbocycles. The smallest absolute Gasteiger partial charge is 0.407 e. The van der Waals surface area contributed by atoms with E-state index in [-0.39, 0.29) is 43.7 Å². The predicted molar refractivity (Wildman–Crippen MR) is 128 cm³/mol. The summed E-state index contributed by atoms with van der Waals surface area (Å²) in [5.41, 5.74) is 4.56. The summed E-state index contributed by atoms with van der Waals surface area (Å²) in [5.74, 6) is -1.37. The van der Waals surface area contributed by atoms with E-state index in [1.807, 2.05) is 38.1 Å². The molecule has 34 heavy (non-hydrogen) atoms. The summed E-state index contributed by atoms with van der Waals surface area (Å²) in [5, 5.41) is 14.4. The number of ether oxygens (including phenoxy) is 2. The number of carbonyl (C=O) groups excluding carboxylic acids is 2. The van der Waals surface area contributed by atoms with E-state index in [0.29, 0.717) is 0 Å². The Morgan fingerprint density at radius 3 is 2.09 bits per heavy atom. The summed E-state index contributed by atoms with van der Waals surface area (Å²) in [6, 6.07) is 15.7. The van der Waals surface area contributed by atoms with Crippen LogP contribution in [0.2, 0.25) is 0 Å². The number of carboxylic acid groups (broad SMARTS) is 1. The van der Waals surface area contributed by atoms with Gasteiger partial charge in [0.1, 0.15) is 6.61 Å². The van der Waals surface area contributed by atoms with E-state index in [0.717, 1.165) is 22.3 Å². The van der Waals surface area contributed by atoms with Crippen molar-refractivity contribution in [3.8, 4) is 11.1 Å². The van der Waals surface area contributed by atoms with Gasteiger partial charge in [0.15, 0.2) is 0 Å². The summed E-state index contributed by atoms with van der Waals surface area (Å²) in [4.78, 5) is 35.7. The van der Waals surface area contributed by atoms with Crippen LogP contribution in [0.3, 0.4) is 0 Å². The highest BCUT2D eigenvalue weighted by Gasteiger charge is 2.29. The molecule has 2 atom stereocenters. The van der Waals surface area contributed by atoms with Crippen LogP contribution in [0.1, 0.15) is 43.7 Å². The monoisotopic (exact) mass is 468 g/mol. The van der Waals surface area contributed by atoms with Crippen molar-refractivity contribution in [2.75, 3.05) is 20.3 Å². The number of methoxy groups -OCH3 is 1. The minimum absolute atomic E-state index is 0.0109. The molecule has 0 aliphatic heterocycles. The molecule has 8 heteroatoms. The van der Waals surface area contributed by atoms with Crippen LogP contribution < -0.4 is 10.6 Å². The number of carboxylic acids is 1. The second-order valence-electron chi connectivity index (χ2n) is 8.78. The molecule has 8 nitrogen and oxygen atoms in total.